The molecule has 0 fully saturated rings. The summed E-state index contributed by atoms with van der Waals surface area (Å²) in [5.74, 6) is 1.08. The maximum Gasteiger partial charge on any atom is 0.500 e. The van der Waals surface area contributed by atoms with Crippen LogP contribution in [0.5, 0.6) is 0 Å². The molecular weight excluding hydrogens is 535 g/mol. The third kappa shape index (κ3) is 22.3. The molecule has 6 N–H and O–H groups in total. The van der Waals surface area contributed by atoms with Gasteiger partial charge in [0.15, 0.2) is 0 Å². The van der Waals surface area contributed by atoms with E-state index in [-0.39, 0.29) is 19.8 Å². The predicted molar refractivity (Wildman–Crippen MR) is 139 cm³/mol. The van der Waals surface area contributed by atoms with Crippen LogP contribution in [0.15, 0.2) is 0 Å². The molecule has 0 bridgehead atoms. The highest BCUT2D eigenvalue weighted by Gasteiger charge is 2.45. The molecule has 36 heavy (non-hydrogen) atoms. The van der Waals surface area contributed by atoms with Crippen molar-refractivity contribution in [1.29, 1.82) is 0 Å². The Labute approximate surface area is 216 Å². The molecule has 0 rings (SSSR count). The molecule has 0 aliphatic heterocycles. The maximum absolute atomic E-state index is 13.2. The third-order valence-corrected chi connectivity index (χ3v) is 9.26. The quantitative estimate of drug-likeness (QED) is 0.0557. The van der Waals surface area contributed by atoms with Crippen LogP contribution in [-0.4, -0.2) is 49.2 Å². The van der Waals surface area contributed by atoms with Gasteiger partial charge in [0.25, 0.3) is 0 Å². The average Bonchev–Trinajstić information content (AvgIpc) is 2.74. The molecule has 0 heterocycles. The second-order valence-corrected chi connectivity index (χ2v) is 14.0. The molecule has 0 saturated heterocycles. The molecule has 0 saturated carbocycles. The molecule has 0 aliphatic rings. The van der Waals surface area contributed by atoms with Crippen LogP contribution < -0.4 is 16.5 Å². The van der Waals surface area contributed by atoms with Gasteiger partial charge in [-0.3, -0.25) is 9.05 Å². The lowest BCUT2D eigenvalue weighted by atomic mass is 10.1. The van der Waals surface area contributed by atoms with Gasteiger partial charge >= 0.3 is 23.5 Å². The van der Waals surface area contributed by atoms with E-state index in [1.54, 1.807) is 0 Å². The number of phosphoric acid groups is 3. The minimum atomic E-state index is -5.33. The monoisotopic (exact) mass is 583 g/mol. The van der Waals surface area contributed by atoms with E-state index in [9.17, 15) is 23.5 Å². The minimum absolute atomic E-state index is 0.0619. The normalized spacial score (nSPS) is 15.9. The van der Waals surface area contributed by atoms with Crippen molar-refractivity contribution < 1.29 is 45.8 Å². The Kier molecular flexibility index (Phi) is 20.4. The number of rotatable bonds is 25. The topological polar surface area (TPSA) is 188 Å². The molecule has 2 unspecified atom stereocenters. The summed E-state index contributed by atoms with van der Waals surface area (Å²) in [6.07, 6.45) is 6.32. The largest absolute Gasteiger partial charge is 0.500 e. The maximum atomic E-state index is 13.2. The SMILES string of the molecule is CC(C)CCCCCOP(=O)(ONCCNCCN)OP(=O)(OCCCCCC(C)C)OP(=O)(O)O. The molecule has 13 nitrogen and oxygen atoms in total. The standard InChI is InChI=1S/C20H48N3O10P3/c1-19(2)11-7-5-9-17-29-35(27,31-23-16-15-22-14-13-21)33-36(28,32-34(24,25)26)30-18-10-6-8-12-20(3)4/h19-20,22-23H,5-18,21H2,1-4H3,(H2,24,25,26). The molecular formula is C20H48N3O10P3. The zero-order chi connectivity index (χ0) is 27.5. The summed E-state index contributed by atoms with van der Waals surface area (Å²) >= 11 is 0. The first-order chi connectivity index (χ1) is 16.8. The van der Waals surface area contributed by atoms with E-state index in [0.717, 1.165) is 38.5 Å². The zero-order valence-electron chi connectivity index (χ0n) is 22.1. The summed E-state index contributed by atoms with van der Waals surface area (Å²) in [4.78, 5) is 18.4. The molecule has 0 aromatic rings. The lowest BCUT2D eigenvalue weighted by Gasteiger charge is -2.23. The molecule has 0 radical (unpaired) electrons. The van der Waals surface area contributed by atoms with E-state index in [1.807, 2.05) is 0 Å². The summed E-state index contributed by atoms with van der Waals surface area (Å²) in [7, 11) is -15.0. The van der Waals surface area contributed by atoms with Crippen molar-refractivity contribution in [3.63, 3.8) is 0 Å². The van der Waals surface area contributed by atoms with Crippen LogP contribution in [0.25, 0.3) is 0 Å². The Balaban J connectivity index is 5.13. The fraction of sp³-hybridized carbons (Fsp3) is 1.00. The first-order valence-electron chi connectivity index (χ1n) is 12.6. The van der Waals surface area contributed by atoms with Gasteiger partial charge in [0.2, 0.25) is 0 Å². The van der Waals surface area contributed by atoms with Crippen LogP contribution >= 0.6 is 23.5 Å². The molecule has 0 aliphatic carbocycles. The van der Waals surface area contributed by atoms with Gasteiger partial charge in [-0.1, -0.05) is 66.2 Å². The van der Waals surface area contributed by atoms with E-state index in [4.69, 9.17) is 23.7 Å². The van der Waals surface area contributed by atoms with Gasteiger partial charge in [-0.05, 0) is 24.7 Å². The molecule has 0 aromatic heterocycles. The highest BCUT2D eigenvalue weighted by molar-refractivity contribution is 7.67. The summed E-state index contributed by atoms with van der Waals surface area (Å²) < 4.78 is 62.3. The van der Waals surface area contributed by atoms with Crippen molar-refractivity contribution in [2.45, 2.75) is 79.1 Å². The lowest BCUT2D eigenvalue weighted by Crippen LogP contribution is -2.30. The van der Waals surface area contributed by atoms with Crippen LogP contribution in [-0.2, 0) is 36.0 Å². The van der Waals surface area contributed by atoms with Crippen LogP contribution in [0.1, 0.15) is 79.1 Å². The Hall–Kier alpha value is 0.290. The average molecular weight is 584 g/mol. The van der Waals surface area contributed by atoms with Crippen molar-refractivity contribution in [3.05, 3.63) is 0 Å². The highest BCUT2D eigenvalue weighted by atomic mass is 31.3. The van der Waals surface area contributed by atoms with Gasteiger partial charge in [-0.2, -0.15) is 18.7 Å². The zero-order valence-corrected chi connectivity index (χ0v) is 24.8. The van der Waals surface area contributed by atoms with E-state index >= 15 is 0 Å². The number of unbranched alkanes of at least 4 members (excludes halogenated alkanes) is 4. The number of hydrogen-bond donors (Lipinski definition) is 5. The highest BCUT2D eigenvalue weighted by Crippen LogP contribution is 2.70. The van der Waals surface area contributed by atoms with E-state index in [2.05, 4.69) is 42.8 Å². The Morgan fingerprint density at radius 1 is 0.722 bits per heavy atom. The van der Waals surface area contributed by atoms with Gasteiger partial charge < -0.3 is 20.8 Å². The summed E-state index contributed by atoms with van der Waals surface area (Å²) in [6, 6.07) is 0. The summed E-state index contributed by atoms with van der Waals surface area (Å²) in [6.45, 7) is 9.70. The van der Waals surface area contributed by atoms with Crippen LogP contribution in [0.2, 0.25) is 0 Å². The second-order valence-electron chi connectivity index (χ2n) is 9.23. The van der Waals surface area contributed by atoms with Crippen molar-refractivity contribution in [1.82, 2.24) is 10.8 Å². The molecule has 0 aromatic carbocycles. The van der Waals surface area contributed by atoms with Crippen molar-refractivity contribution in [2.75, 3.05) is 39.4 Å². The van der Waals surface area contributed by atoms with Crippen molar-refractivity contribution in [3.8, 4) is 0 Å². The van der Waals surface area contributed by atoms with Crippen LogP contribution in [0.4, 0.5) is 0 Å². The molecule has 16 heteroatoms. The minimum Gasteiger partial charge on any atom is -0.329 e. The fourth-order valence-electron chi connectivity index (χ4n) is 2.89. The van der Waals surface area contributed by atoms with Gasteiger partial charge in [0.05, 0.1) is 13.2 Å². The van der Waals surface area contributed by atoms with Gasteiger partial charge in [-0.15, -0.1) is 0 Å². The Morgan fingerprint density at radius 2 is 1.25 bits per heavy atom. The number of nitrogens with one attached hydrogen (secondary N) is 2. The molecule has 2 atom stereocenters. The van der Waals surface area contributed by atoms with E-state index in [1.165, 1.54) is 0 Å². The van der Waals surface area contributed by atoms with Crippen molar-refractivity contribution in [2.24, 2.45) is 17.6 Å². The van der Waals surface area contributed by atoms with E-state index in [0.29, 0.717) is 44.3 Å². The Bertz CT molecular complexity index is 694. The summed E-state index contributed by atoms with van der Waals surface area (Å²) in [5, 5.41) is 2.98. The second kappa shape index (κ2) is 20.2. The smallest absolute Gasteiger partial charge is 0.329 e. The number of hydrogen-bond acceptors (Lipinski definition) is 11. The number of hydroxylamine groups is 1. The first kappa shape index (κ1) is 36.3. The number of nitrogens with two attached hydrogens (primary N) is 1. The fourth-order valence-corrected chi connectivity index (χ4v) is 7.00. The van der Waals surface area contributed by atoms with E-state index < -0.39 is 23.5 Å². The predicted octanol–water partition coefficient (Wildman–Crippen LogP) is 4.86. The van der Waals surface area contributed by atoms with Crippen LogP contribution in [0.3, 0.4) is 0 Å². The Morgan fingerprint density at radius 3 is 1.72 bits per heavy atom. The third-order valence-electron chi connectivity index (χ3n) is 4.66. The lowest BCUT2D eigenvalue weighted by molar-refractivity contribution is 0.0853. The van der Waals surface area contributed by atoms with Crippen molar-refractivity contribution >= 4 is 23.5 Å². The van der Waals surface area contributed by atoms with Gasteiger partial charge in [0, 0.05) is 26.2 Å². The van der Waals surface area contributed by atoms with Crippen LogP contribution in [0, 0.1) is 11.8 Å². The van der Waals surface area contributed by atoms with Gasteiger partial charge in [-0.25, -0.2) is 13.7 Å². The molecule has 0 amide bonds. The molecule has 218 valence electrons. The van der Waals surface area contributed by atoms with Gasteiger partial charge in [0.1, 0.15) is 0 Å². The molecule has 0 spiro atoms. The first-order valence-corrected chi connectivity index (χ1v) is 17.1. The summed E-state index contributed by atoms with van der Waals surface area (Å²) in [5.41, 5.74) is 7.79.